The maximum absolute atomic E-state index is 5.95. The zero-order valence-electron chi connectivity index (χ0n) is 10.2. The normalized spacial score (nSPS) is 24.8. The molecule has 2 rings (SSSR count). The maximum atomic E-state index is 5.95. The molecule has 0 amide bonds. The molecule has 0 saturated heterocycles. The van der Waals surface area contributed by atoms with Crippen molar-refractivity contribution in [3.8, 4) is 0 Å². The molecular formula is C14H19BrO2. The Hall–Kier alpha value is -0.380. The Labute approximate surface area is 111 Å². The van der Waals surface area contributed by atoms with E-state index in [0.29, 0.717) is 18.8 Å². The molecule has 1 saturated carbocycles. The van der Waals surface area contributed by atoms with Crippen LogP contribution in [0.15, 0.2) is 28.7 Å². The van der Waals surface area contributed by atoms with Crippen molar-refractivity contribution in [1.82, 2.24) is 0 Å². The summed E-state index contributed by atoms with van der Waals surface area (Å²) < 4.78 is 12.5. The molecule has 2 atom stereocenters. The van der Waals surface area contributed by atoms with Crippen LogP contribution in [-0.4, -0.2) is 19.3 Å². The van der Waals surface area contributed by atoms with Crippen LogP contribution in [0.3, 0.4) is 0 Å². The minimum atomic E-state index is 0.359. The van der Waals surface area contributed by atoms with E-state index < -0.39 is 0 Å². The summed E-state index contributed by atoms with van der Waals surface area (Å²) in [5.74, 6) is 0. The minimum absolute atomic E-state index is 0.359. The molecule has 0 bridgehead atoms. The molecule has 0 aliphatic heterocycles. The van der Waals surface area contributed by atoms with E-state index in [2.05, 4.69) is 40.2 Å². The van der Waals surface area contributed by atoms with Crippen molar-refractivity contribution >= 4 is 15.9 Å². The van der Waals surface area contributed by atoms with Crippen LogP contribution in [0, 0.1) is 0 Å². The van der Waals surface area contributed by atoms with Crippen LogP contribution in [0.25, 0.3) is 0 Å². The molecule has 1 aromatic carbocycles. The topological polar surface area (TPSA) is 18.5 Å². The van der Waals surface area contributed by atoms with Gasteiger partial charge in [0.15, 0.2) is 0 Å². The fourth-order valence-corrected chi connectivity index (χ4v) is 2.53. The van der Waals surface area contributed by atoms with E-state index >= 15 is 0 Å². The summed E-state index contributed by atoms with van der Waals surface area (Å²) >= 11 is 3.43. The summed E-state index contributed by atoms with van der Waals surface area (Å²) in [5, 5.41) is 0. The summed E-state index contributed by atoms with van der Waals surface area (Å²) in [7, 11) is 1.79. The molecule has 2 nitrogen and oxygen atoms in total. The highest BCUT2D eigenvalue weighted by Crippen LogP contribution is 2.24. The van der Waals surface area contributed by atoms with Crippen molar-refractivity contribution in [3.05, 3.63) is 34.3 Å². The number of rotatable bonds is 4. The summed E-state index contributed by atoms with van der Waals surface area (Å²) in [4.78, 5) is 0. The fraction of sp³-hybridized carbons (Fsp3) is 0.571. The van der Waals surface area contributed by atoms with Gasteiger partial charge in [-0.2, -0.15) is 0 Å². The second kappa shape index (κ2) is 6.53. The van der Waals surface area contributed by atoms with Gasteiger partial charge in [-0.1, -0.05) is 28.1 Å². The van der Waals surface area contributed by atoms with E-state index in [-0.39, 0.29) is 0 Å². The molecule has 0 aromatic heterocycles. The van der Waals surface area contributed by atoms with E-state index in [1.54, 1.807) is 7.11 Å². The Kier molecular flexibility index (Phi) is 5.01. The van der Waals surface area contributed by atoms with Crippen LogP contribution >= 0.6 is 15.9 Å². The lowest BCUT2D eigenvalue weighted by atomic mass is 9.95. The molecular weight excluding hydrogens is 280 g/mol. The summed E-state index contributed by atoms with van der Waals surface area (Å²) in [5.41, 5.74) is 1.23. The Bertz CT molecular complexity index is 337. The number of methoxy groups -OCH3 is 1. The van der Waals surface area contributed by atoms with Crippen LogP contribution < -0.4 is 0 Å². The van der Waals surface area contributed by atoms with Crippen molar-refractivity contribution in [1.29, 1.82) is 0 Å². The Morgan fingerprint density at radius 1 is 1.18 bits per heavy atom. The predicted octanol–water partition coefficient (Wildman–Crippen LogP) is 3.92. The highest BCUT2D eigenvalue weighted by Gasteiger charge is 2.21. The Balaban J connectivity index is 1.79. The van der Waals surface area contributed by atoms with E-state index in [4.69, 9.17) is 9.47 Å². The lowest BCUT2D eigenvalue weighted by Gasteiger charge is -2.28. The van der Waals surface area contributed by atoms with Crippen LogP contribution in [-0.2, 0) is 16.1 Å². The first-order valence-electron chi connectivity index (χ1n) is 6.17. The number of hydrogen-bond acceptors (Lipinski definition) is 2. The van der Waals surface area contributed by atoms with Gasteiger partial charge in [-0.3, -0.25) is 0 Å². The van der Waals surface area contributed by atoms with Crippen LogP contribution in [0.1, 0.15) is 31.2 Å². The van der Waals surface area contributed by atoms with Gasteiger partial charge in [-0.05, 0) is 43.4 Å². The Morgan fingerprint density at radius 2 is 1.88 bits per heavy atom. The second-order valence-electron chi connectivity index (χ2n) is 4.58. The molecule has 94 valence electrons. The average molecular weight is 299 g/mol. The summed E-state index contributed by atoms with van der Waals surface area (Å²) in [6.07, 6.45) is 5.33. The smallest absolute Gasteiger partial charge is 0.0720 e. The van der Waals surface area contributed by atoms with Crippen molar-refractivity contribution in [3.63, 3.8) is 0 Å². The fourth-order valence-electron chi connectivity index (χ4n) is 2.26. The van der Waals surface area contributed by atoms with Gasteiger partial charge in [0, 0.05) is 11.6 Å². The molecule has 1 aromatic rings. The van der Waals surface area contributed by atoms with Gasteiger partial charge in [-0.25, -0.2) is 0 Å². The zero-order valence-corrected chi connectivity index (χ0v) is 11.8. The first-order chi connectivity index (χ1) is 8.28. The SMILES string of the molecule is COC1CCCC(OCc2ccc(Br)cc2)C1. The van der Waals surface area contributed by atoms with Crippen molar-refractivity contribution < 1.29 is 9.47 Å². The van der Waals surface area contributed by atoms with Gasteiger partial charge < -0.3 is 9.47 Å². The third-order valence-electron chi connectivity index (χ3n) is 3.31. The molecule has 1 aliphatic rings. The highest BCUT2D eigenvalue weighted by molar-refractivity contribution is 9.10. The van der Waals surface area contributed by atoms with E-state index in [9.17, 15) is 0 Å². The van der Waals surface area contributed by atoms with Crippen molar-refractivity contribution in [2.24, 2.45) is 0 Å². The van der Waals surface area contributed by atoms with Gasteiger partial charge in [0.25, 0.3) is 0 Å². The number of halogens is 1. The lowest BCUT2D eigenvalue weighted by molar-refractivity contribution is -0.0363. The average Bonchev–Trinajstić information content (AvgIpc) is 2.38. The largest absolute Gasteiger partial charge is 0.381 e. The third kappa shape index (κ3) is 4.09. The van der Waals surface area contributed by atoms with E-state index in [1.807, 2.05) is 0 Å². The third-order valence-corrected chi connectivity index (χ3v) is 3.84. The van der Waals surface area contributed by atoms with Gasteiger partial charge in [0.05, 0.1) is 18.8 Å². The van der Waals surface area contributed by atoms with Gasteiger partial charge in [0.1, 0.15) is 0 Å². The Morgan fingerprint density at radius 3 is 2.59 bits per heavy atom. The molecule has 1 aliphatic carbocycles. The standard InChI is InChI=1S/C14H19BrO2/c1-16-13-3-2-4-14(9-13)17-10-11-5-7-12(15)8-6-11/h5-8,13-14H,2-4,9-10H2,1H3. The molecule has 2 unspecified atom stereocenters. The predicted molar refractivity (Wildman–Crippen MR) is 72.0 cm³/mol. The minimum Gasteiger partial charge on any atom is -0.381 e. The van der Waals surface area contributed by atoms with Crippen LogP contribution in [0.2, 0.25) is 0 Å². The van der Waals surface area contributed by atoms with Crippen LogP contribution in [0.4, 0.5) is 0 Å². The summed E-state index contributed by atoms with van der Waals surface area (Å²) in [6, 6.07) is 8.30. The molecule has 0 radical (unpaired) electrons. The molecule has 0 spiro atoms. The number of ether oxygens (including phenoxy) is 2. The molecule has 0 N–H and O–H groups in total. The first-order valence-corrected chi connectivity index (χ1v) is 6.96. The zero-order chi connectivity index (χ0) is 12.1. The maximum Gasteiger partial charge on any atom is 0.0720 e. The van der Waals surface area contributed by atoms with Gasteiger partial charge >= 0.3 is 0 Å². The summed E-state index contributed by atoms with van der Waals surface area (Å²) in [6.45, 7) is 0.703. The van der Waals surface area contributed by atoms with E-state index in [1.165, 1.54) is 18.4 Å². The van der Waals surface area contributed by atoms with Gasteiger partial charge in [-0.15, -0.1) is 0 Å². The molecule has 17 heavy (non-hydrogen) atoms. The highest BCUT2D eigenvalue weighted by atomic mass is 79.9. The van der Waals surface area contributed by atoms with Gasteiger partial charge in [0.2, 0.25) is 0 Å². The first kappa shape index (κ1) is 13.1. The molecule has 0 heterocycles. The number of benzene rings is 1. The monoisotopic (exact) mass is 298 g/mol. The van der Waals surface area contributed by atoms with Crippen LogP contribution in [0.5, 0.6) is 0 Å². The quantitative estimate of drug-likeness (QED) is 0.839. The lowest BCUT2D eigenvalue weighted by Crippen LogP contribution is -2.27. The van der Waals surface area contributed by atoms with Crippen molar-refractivity contribution in [2.75, 3.05) is 7.11 Å². The molecule has 1 fully saturated rings. The number of hydrogen-bond donors (Lipinski definition) is 0. The van der Waals surface area contributed by atoms with E-state index in [0.717, 1.165) is 17.3 Å². The molecule has 3 heteroatoms. The van der Waals surface area contributed by atoms with Crippen molar-refractivity contribution in [2.45, 2.75) is 44.5 Å². The second-order valence-corrected chi connectivity index (χ2v) is 5.50.